The van der Waals surface area contributed by atoms with Crippen molar-refractivity contribution in [2.24, 2.45) is 5.92 Å². The lowest BCUT2D eigenvalue weighted by Crippen LogP contribution is -2.10. The van der Waals surface area contributed by atoms with Crippen LogP contribution < -0.4 is 0 Å². The zero-order chi connectivity index (χ0) is 10.7. The van der Waals surface area contributed by atoms with E-state index < -0.39 is 0 Å². The summed E-state index contributed by atoms with van der Waals surface area (Å²) >= 11 is 0. The molecule has 0 saturated heterocycles. The minimum atomic E-state index is -0.345. The molecule has 1 aliphatic carbocycles. The van der Waals surface area contributed by atoms with Crippen molar-refractivity contribution in [2.75, 3.05) is 0 Å². The Morgan fingerprint density at radius 1 is 1.07 bits per heavy atom. The van der Waals surface area contributed by atoms with Crippen molar-refractivity contribution in [3.05, 3.63) is 35.4 Å². The van der Waals surface area contributed by atoms with Gasteiger partial charge in [-0.3, -0.25) is 0 Å². The van der Waals surface area contributed by atoms with Crippen LogP contribution in [0.4, 0.5) is 4.39 Å². The van der Waals surface area contributed by atoms with E-state index in [4.69, 9.17) is 0 Å². The van der Waals surface area contributed by atoms with Gasteiger partial charge in [0.25, 0.3) is 0 Å². The van der Waals surface area contributed by atoms with Gasteiger partial charge in [0.15, 0.2) is 0 Å². The first kappa shape index (κ1) is 10.7. The van der Waals surface area contributed by atoms with E-state index in [9.17, 15) is 4.39 Å². The molecule has 1 aromatic rings. The van der Waals surface area contributed by atoms with Crippen LogP contribution in [0.15, 0.2) is 24.3 Å². The highest BCUT2D eigenvalue weighted by Crippen LogP contribution is 2.35. The Morgan fingerprint density at radius 2 is 1.67 bits per heavy atom. The average Bonchev–Trinajstić information content (AvgIpc) is 2.30. The molecule has 0 amide bonds. The fraction of sp³-hybridized carbons (Fsp3) is 0.571. The Kier molecular flexibility index (Phi) is 3.40. The third kappa shape index (κ3) is 2.58. The standard InChI is InChI=1S/C14H19F/c1-11-2-6-13(7-3-11)14-8-4-12(10-15)5-9-14/h4-5,8-9,11,13H,2-3,6-7,10H2,1H3. The van der Waals surface area contributed by atoms with Crippen molar-refractivity contribution < 1.29 is 4.39 Å². The van der Waals surface area contributed by atoms with Gasteiger partial charge < -0.3 is 0 Å². The molecule has 1 aromatic carbocycles. The summed E-state index contributed by atoms with van der Waals surface area (Å²) in [5.74, 6) is 1.61. The molecule has 0 nitrogen and oxygen atoms in total. The van der Waals surface area contributed by atoms with Crippen LogP contribution in [0.2, 0.25) is 0 Å². The van der Waals surface area contributed by atoms with Gasteiger partial charge >= 0.3 is 0 Å². The maximum Gasteiger partial charge on any atom is 0.115 e. The van der Waals surface area contributed by atoms with Crippen molar-refractivity contribution in [3.63, 3.8) is 0 Å². The predicted octanol–water partition coefficient (Wildman–Crippen LogP) is 4.45. The molecule has 0 bridgehead atoms. The molecule has 0 aromatic heterocycles. The molecule has 2 rings (SSSR count). The smallest absolute Gasteiger partial charge is 0.115 e. The molecule has 0 aliphatic heterocycles. The molecule has 1 heteroatoms. The molecule has 1 saturated carbocycles. The summed E-state index contributed by atoms with van der Waals surface area (Å²) < 4.78 is 12.4. The maximum atomic E-state index is 12.4. The molecular weight excluding hydrogens is 187 g/mol. The molecule has 1 fully saturated rings. The second-order valence-corrected chi connectivity index (χ2v) is 4.83. The summed E-state index contributed by atoms with van der Waals surface area (Å²) in [6.07, 6.45) is 5.29. The van der Waals surface area contributed by atoms with Gasteiger partial charge in [0.1, 0.15) is 6.67 Å². The Balaban J connectivity index is 2.03. The molecule has 0 radical (unpaired) electrons. The molecule has 0 heterocycles. The largest absolute Gasteiger partial charge is 0.246 e. The number of hydrogen-bond donors (Lipinski definition) is 0. The second kappa shape index (κ2) is 4.78. The quantitative estimate of drug-likeness (QED) is 0.670. The lowest BCUT2D eigenvalue weighted by Gasteiger charge is -2.26. The number of halogens is 1. The third-order valence-electron chi connectivity index (χ3n) is 3.62. The molecule has 0 atom stereocenters. The highest BCUT2D eigenvalue weighted by molar-refractivity contribution is 5.25. The normalized spacial score (nSPS) is 26.5. The topological polar surface area (TPSA) is 0 Å². The molecule has 1 aliphatic rings. The van der Waals surface area contributed by atoms with Crippen LogP contribution in [-0.4, -0.2) is 0 Å². The lowest BCUT2D eigenvalue weighted by atomic mass is 9.79. The highest BCUT2D eigenvalue weighted by Gasteiger charge is 2.19. The number of hydrogen-bond acceptors (Lipinski definition) is 0. The lowest BCUT2D eigenvalue weighted by molar-refractivity contribution is 0.348. The van der Waals surface area contributed by atoms with Gasteiger partial charge in [0, 0.05) is 0 Å². The Hall–Kier alpha value is -0.850. The number of benzene rings is 1. The number of rotatable bonds is 2. The average molecular weight is 206 g/mol. The fourth-order valence-electron chi connectivity index (χ4n) is 2.47. The van der Waals surface area contributed by atoms with Gasteiger partial charge in [0.05, 0.1) is 0 Å². The minimum absolute atomic E-state index is 0.345. The van der Waals surface area contributed by atoms with Crippen LogP contribution in [0.5, 0.6) is 0 Å². The molecule has 0 unspecified atom stereocenters. The van der Waals surface area contributed by atoms with E-state index in [0.29, 0.717) is 0 Å². The SMILES string of the molecule is CC1CCC(c2ccc(CF)cc2)CC1. The van der Waals surface area contributed by atoms with Crippen LogP contribution >= 0.6 is 0 Å². The Morgan fingerprint density at radius 3 is 2.20 bits per heavy atom. The van der Waals surface area contributed by atoms with Crippen LogP contribution in [0, 0.1) is 5.92 Å². The highest BCUT2D eigenvalue weighted by atomic mass is 19.1. The van der Waals surface area contributed by atoms with E-state index in [1.54, 1.807) is 0 Å². The minimum Gasteiger partial charge on any atom is -0.246 e. The van der Waals surface area contributed by atoms with E-state index in [1.807, 2.05) is 12.1 Å². The van der Waals surface area contributed by atoms with Crippen molar-refractivity contribution in [3.8, 4) is 0 Å². The van der Waals surface area contributed by atoms with Gasteiger partial charge in [-0.1, -0.05) is 44.0 Å². The molecule has 15 heavy (non-hydrogen) atoms. The zero-order valence-corrected chi connectivity index (χ0v) is 9.38. The first-order valence-corrected chi connectivity index (χ1v) is 5.94. The summed E-state index contributed by atoms with van der Waals surface area (Å²) in [5.41, 5.74) is 2.20. The van der Waals surface area contributed by atoms with E-state index in [0.717, 1.165) is 17.4 Å². The Labute approximate surface area is 91.5 Å². The molecule has 0 spiro atoms. The van der Waals surface area contributed by atoms with Crippen molar-refractivity contribution in [2.45, 2.75) is 45.2 Å². The van der Waals surface area contributed by atoms with Crippen molar-refractivity contribution >= 4 is 0 Å². The van der Waals surface area contributed by atoms with E-state index >= 15 is 0 Å². The van der Waals surface area contributed by atoms with E-state index in [-0.39, 0.29) is 6.67 Å². The van der Waals surface area contributed by atoms with E-state index in [2.05, 4.69) is 19.1 Å². The number of alkyl halides is 1. The summed E-state index contributed by atoms with van der Waals surface area (Å²) in [6.45, 7) is 1.99. The van der Waals surface area contributed by atoms with Gasteiger partial charge in [-0.25, -0.2) is 4.39 Å². The van der Waals surface area contributed by atoms with Crippen molar-refractivity contribution in [1.82, 2.24) is 0 Å². The van der Waals surface area contributed by atoms with Crippen LogP contribution in [0.25, 0.3) is 0 Å². The predicted molar refractivity (Wildman–Crippen MR) is 61.6 cm³/mol. The summed E-state index contributed by atoms with van der Waals surface area (Å²) in [6, 6.07) is 8.06. The van der Waals surface area contributed by atoms with E-state index in [1.165, 1.54) is 31.2 Å². The maximum absolute atomic E-state index is 12.4. The van der Waals surface area contributed by atoms with Crippen LogP contribution in [0.1, 0.15) is 49.7 Å². The Bertz CT molecular complexity index is 294. The van der Waals surface area contributed by atoms with Gasteiger partial charge in [-0.2, -0.15) is 0 Å². The van der Waals surface area contributed by atoms with Crippen molar-refractivity contribution in [1.29, 1.82) is 0 Å². The summed E-state index contributed by atoms with van der Waals surface area (Å²) in [5, 5.41) is 0. The fourth-order valence-corrected chi connectivity index (χ4v) is 2.47. The zero-order valence-electron chi connectivity index (χ0n) is 9.38. The molecule has 0 N–H and O–H groups in total. The molecular formula is C14H19F. The summed E-state index contributed by atoms with van der Waals surface area (Å²) in [4.78, 5) is 0. The first-order valence-electron chi connectivity index (χ1n) is 5.94. The van der Waals surface area contributed by atoms with Gasteiger partial charge in [0.2, 0.25) is 0 Å². The first-order chi connectivity index (χ1) is 7.29. The summed E-state index contributed by atoms with van der Waals surface area (Å²) in [7, 11) is 0. The monoisotopic (exact) mass is 206 g/mol. The van der Waals surface area contributed by atoms with Crippen LogP contribution in [0.3, 0.4) is 0 Å². The van der Waals surface area contributed by atoms with Gasteiger partial charge in [-0.15, -0.1) is 0 Å². The second-order valence-electron chi connectivity index (χ2n) is 4.83. The third-order valence-corrected chi connectivity index (χ3v) is 3.62. The molecule has 82 valence electrons. The van der Waals surface area contributed by atoms with Crippen LogP contribution in [-0.2, 0) is 6.67 Å². The van der Waals surface area contributed by atoms with Gasteiger partial charge in [-0.05, 0) is 35.8 Å².